The highest BCUT2D eigenvalue weighted by molar-refractivity contribution is 7.18. The highest BCUT2D eigenvalue weighted by Gasteiger charge is 2.31. The van der Waals surface area contributed by atoms with Crippen LogP contribution in [0, 0.1) is 5.92 Å². The Hall–Kier alpha value is -2.38. The van der Waals surface area contributed by atoms with Crippen LogP contribution >= 0.6 is 22.9 Å². The van der Waals surface area contributed by atoms with Crippen molar-refractivity contribution in [2.45, 2.75) is 25.7 Å². The van der Waals surface area contributed by atoms with Crippen LogP contribution in [0.1, 0.15) is 35.4 Å². The fourth-order valence-corrected chi connectivity index (χ4v) is 4.78. The summed E-state index contributed by atoms with van der Waals surface area (Å²) in [5, 5.41) is 2.89. The van der Waals surface area contributed by atoms with Gasteiger partial charge in [0.15, 0.2) is 0 Å². The van der Waals surface area contributed by atoms with Crippen molar-refractivity contribution in [1.82, 2.24) is 5.32 Å². The van der Waals surface area contributed by atoms with Gasteiger partial charge in [-0.1, -0.05) is 11.6 Å². The van der Waals surface area contributed by atoms with Crippen molar-refractivity contribution < 1.29 is 14.4 Å². The quantitative estimate of drug-likeness (QED) is 0.784. The van der Waals surface area contributed by atoms with Gasteiger partial charge in [0.05, 0.1) is 9.21 Å². The number of nitrogens with one attached hydrogen (secondary N) is 1. The van der Waals surface area contributed by atoms with E-state index in [-0.39, 0.29) is 23.6 Å². The van der Waals surface area contributed by atoms with Crippen molar-refractivity contribution in [2.75, 3.05) is 29.4 Å². The van der Waals surface area contributed by atoms with Gasteiger partial charge in [-0.25, -0.2) is 0 Å². The number of carbonyl (C=O) groups is 3. The summed E-state index contributed by atoms with van der Waals surface area (Å²) in [5.41, 5.74) is 1.70. The first-order chi connectivity index (χ1) is 14.0. The highest BCUT2D eigenvalue weighted by Crippen LogP contribution is 2.28. The van der Waals surface area contributed by atoms with Crippen LogP contribution in [0.3, 0.4) is 0 Å². The summed E-state index contributed by atoms with van der Waals surface area (Å²) >= 11 is 7.11. The lowest BCUT2D eigenvalue weighted by Gasteiger charge is -2.27. The topological polar surface area (TPSA) is 69.7 Å². The molecule has 0 aliphatic carbocycles. The number of rotatable bonds is 5. The molecule has 1 aromatic carbocycles. The summed E-state index contributed by atoms with van der Waals surface area (Å²) < 4.78 is 0.576. The minimum atomic E-state index is -0.164. The second kappa shape index (κ2) is 8.55. The first kappa shape index (κ1) is 19.9. The summed E-state index contributed by atoms with van der Waals surface area (Å²) in [6, 6.07) is 11.0. The van der Waals surface area contributed by atoms with E-state index in [0.29, 0.717) is 35.1 Å². The van der Waals surface area contributed by atoms with Crippen LogP contribution in [0.25, 0.3) is 0 Å². The van der Waals surface area contributed by atoms with Gasteiger partial charge in [-0.2, -0.15) is 0 Å². The van der Waals surface area contributed by atoms with Gasteiger partial charge in [-0.05, 0) is 49.2 Å². The van der Waals surface area contributed by atoms with Gasteiger partial charge in [0, 0.05) is 49.8 Å². The summed E-state index contributed by atoms with van der Waals surface area (Å²) in [5.74, 6) is 0.0999. The summed E-state index contributed by atoms with van der Waals surface area (Å²) in [6.45, 7) is 1.75. The number of benzene rings is 1. The Morgan fingerprint density at radius 3 is 2.41 bits per heavy atom. The number of anilines is 2. The predicted octanol–water partition coefficient (Wildman–Crippen LogP) is 3.70. The molecule has 2 aromatic rings. The van der Waals surface area contributed by atoms with E-state index >= 15 is 0 Å². The van der Waals surface area contributed by atoms with E-state index in [9.17, 15) is 14.4 Å². The van der Waals surface area contributed by atoms with E-state index in [1.54, 1.807) is 17.0 Å². The van der Waals surface area contributed by atoms with E-state index in [0.717, 1.165) is 30.8 Å². The molecule has 0 saturated carbocycles. The molecule has 0 spiro atoms. The summed E-state index contributed by atoms with van der Waals surface area (Å²) in [6.07, 6.45) is 2.96. The molecule has 1 unspecified atom stereocenters. The third kappa shape index (κ3) is 4.46. The zero-order valence-corrected chi connectivity index (χ0v) is 17.5. The number of piperidine rings is 1. The second-order valence-corrected chi connectivity index (χ2v) is 9.12. The standard InChI is InChI=1S/C21H22ClN3O3S/c22-18-9-8-17(29-18)21(28)23-12-14-11-20(27)25(13-14)16-6-4-15(5-7-16)24-10-2-1-3-19(24)26/h4-9,14H,1-3,10-13H2,(H,23,28). The van der Waals surface area contributed by atoms with Crippen molar-refractivity contribution >= 4 is 52.0 Å². The number of thiophene rings is 1. The monoisotopic (exact) mass is 431 g/mol. The highest BCUT2D eigenvalue weighted by atomic mass is 35.5. The number of amides is 3. The summed E-state index contributed by atoms with van der Waals surface area (Å²) in [7, 11) is 0. The molecule has 1 aromatic heterocycles. The first-order valence-electron chi connectivity index (χ1n) is 9.75. The molecule has 2 aliphatic heterocycles. The Morgan fingerprint density at radius 2 is 1.76 bits per heavy atom. The molecule has 2 aliphatic rings. The molecule has 8 heteroatoms. The molecular weight excluding hydrogens is 410 g/mol. The fourth-order valence-electron chi connectivity index (χ4n) is 3.82. The smallest absolute Gasteiger partial charge is 0.261 e. The molecule has 1 atom stereocenters. The minimum Gasteiger partial charge on any atom is -0.351 e. The van der Waals surface area contributed by atoms with Crippen LogP contribution < -0.4 is 15.1 Å². The number of carbonyl (C=O) groups excluding carboxylic acids is 3. The largest absolute Gasteiger partial charge is 0.351 e. The molecular formula is C21H22ClN3O3S. The van der Waals surface area contributed by atoms with Crippen LogP contribution in [-0.4, -0.2) is 37.4 Å². The van der Waals surface area contributed by atoms with Gasteiger partial charge in [-0.15, -0.1) is 11.3 Å². The van der Waals surface area contributed by atoms with E-state index in [4.69, 9.17) is 11.6 Å². The molecule has 29 heavy (non-hydrogen) atoms. The van der Waals surface area contributed by atoms with Crippen molar-refractivity contribution in [3.05, 3.63) is 45.6 Å². The Morgan fingerprint density at radius 1 is 1.03 bits per heavy atom. The zero-order valence-electron chi connectivity index (χ0n) is 15.9. The van der Waals surface area contributed by atoms with Gasteiger partial charge < -0.3 is 15.1 Å². The maximum atomic E-state index is 12.5. The third-order valence-corrected chi connectivity index (χ3v) is 6.58. The van der Waals surface area contributed by atoms with Gasteiger partial charge in [0.1, 0.15) is 0 Å². The van der Waals surface area contributed by atoms with Crippen LogP contribution in [-0.2, 0) is 9.59 Å². The number of nitrogens with zero attached hydrogens (tertiary/aromatic N) is 2. The molecule has 0 radical (unpaired) electrons. The Kier molecular flexibility index (Phi) is 5.87. The molecule has 0 bridgehead atoms. The molecule has 6 nitrogen and oxygen atoms in total. The van der Waals surface area contributed by atoms with Crippen LogP contribution in [0.15, 0.2) is 36.4 Å². The number of halogens is 1. The molecule has 2 saturated heterocycles. The second-order valence-electron chi connectivity index (χ2n) is 7.41. The van der Waals surface area contributed by atoms with Gasteiger partial charge in [-0.3, -0.25) is 14.4 Å². The van der Waals surface area contributed by atoms with Gasteiger partial charge in [0.25, 0.3) is 5.91 Å². The molecule has 3 heterocycles. The Bertz CT molecular complexity index is 928. The van der Waals surface area contributed by atoms with Crippen molar-refractivity contribution in [3.63, 3.8) is 0 Å². The zero-order chi connectivity index (χ0) is 20.4. The van der Waals surface area contributed by atoms with Gasteiger partial charge >= 0.3 is 0 Å². The first-order valence-corrected chi connectivity index (χ1v) is 10.9. The summed E-state index contributed by atoms with van der Waals surface area (Å²) in [4.78, 5) is 40.9. The van der Waals surface area contributed by atoms with Crippen LogP contribution in [0.5, 0.6) is 0 Å². The Labute approximate surface area is 178 Å². The normalized spacial score (nSPS) is 19.7. The Balaban J connectivity index is 1.35. The third-order valence-electron chi connectivity index (χ3n) is 5.35. The molecule has 2 fully saturated rings. The van der Waals surface area contributed by atoms with E-state index in [1.807, 2.05) is 29.2 Å². The van der Waals surface area contributed by atoms with E-state index < -0.39 is 0 Å². The molecule has 1 N–H and O–H groups in total. The lowest BCUT2D eigenvalue weighted by atomic mass is 10.1. The van der Waals surface area contributed by atoms with E-state index in [2.05, 4.69) is 5.32 Å². The average Bonchev–Trinajstić information content (AvgIpc) is 3.32. The lowest BCUT2D eigenvalue weighted by Crippen LogP contribution is -2.35. The van der Waals surface area contributed by atoms with Crippen LogP contribution in [0.4, 0.5) is 11.4 Å². The van der Waals surface area contributed by atoms with E-state index in [1.165, 1.54) is 11.3 Å². The average molecular weight is 432 g/mol. The van der Waals surface area contributed by atoms with Crippen molar-refractivity contribution in [2.24, 2.45) is 5.92 Å². The molecule has 152 valence electrons. The van der Waals surface area contributed by atoms with Crippen molar-refractivity contribution in [1.29, 1.82) is 0 Å². The maximum Gasteiger partial charge on any atom is 0.261 e. The van der Waals surface area contributed by atoms with Gasteiger partial charge in [0.2, 0.25) is 11.8 Å². The van der Waals surface area contributed by atoms with Crippen LogP contribution in [0.2, 0.25) is 4.34 Å². The lowest BCUT2D eigenvalue weighted by molar-refractivity contribution is -0.119. The molecule has 3 amide bonds. The maximum absolute atomic E-state index is 12.5. The number of hydrogen-bond acceptors (Lipinski definition) is 4. The van der Waals surface area contributed by atoms with Crippen molar-refractivity contribution in [3.8, 4) is 0 Å². The predicted molar refractivity (Wildman–Crippen MR) is 115 cm³/mol. The fraction of sp³-hybridized carbons (Fsp3) is 0.381. The number of hydrogen-bond donors (Lipinski definition) is 1. The molecule has 4 rings (SSSR count). The SMILES string of the molecule is O=C(NCC1CC(=O)N(c2ccc(N3CCCCC3=O)cc2)C1)c1ccc(Cl)s1. The minimum absolute atomic E-state index is 0.0465.